The molecule has 4 aromatic rings. The lowest BCUT2D eigenvalue weighted by Crippen LogP contribution is -1.99. The highest BCUT2D eigenvalue weighted by atomic mass is 16.5. The number of hydrogen-bond acceptors (Lipinski definition) is 5. The normalized spacial score (nSPS) is 10.7. The van der Waals surface area contributed by atoms with Crippen LogP contribution < -0.4 is 14.8 Å². The monoisotopic (exact) mass is 371 g/mol. The van der Waals surface area contributed by atoms with E-state index in [0.717, 1.165) is 44.9 Å². The van der Waals surface area contributed by atoms with Crippen LogP contribution >= 0.6 is 0 Å². The molecule has 0 spiro atoms. The second kappa shape index (κ2) is 7.56. The first-order valence-electron chi connectivity index (χ1n) is 9.00. The molecule has 3 aromatic carbocycles. The molecule has 0 atom stereocenters. The Morgan fingerprint density at radius 3 is 2.07 bits per heavy atom. The lowest BCUT2D eigenvalue weighted by Gasteiger charge is -2.12. The van der Waals surface area contributed by atoms with Crippen LogP contribution in [0, 0.1) is 0 Å². The lowest BCUT2D eigenvalue weighted by molar-refractivity contribution is 0.394. The van der Waals surface area contributed by atoms with E-state index in [4.69, 9.17) is 19.4 Å². The first-order valence-corrected chi connectivity index (χ1v) is 9.00. The number of nitrogens with zero attached hydrogens (tertiary/aromatic N) is 2. The second-order valence-electron chi connectivity index (χ2n) is 6.35. The Balaban J connectivity index is 1.86. The number of rotatable bonds is 5. The Morgan fingerprint density at radius 2 is 1.43 bits per heavy atom. The Kier molecular flexibility index (Phi) is 4.81. The van der Waals surface area contributed by atoms with Crippen molar-refractivity contribution < 1.29 is 9.47 Å². The fourth-order valence-electron chi connectivity index (χ4n) is 3.19. The quantitative estimate of drug-likeness (QED) is 0.534. The van der Waals surface area contributed by atoms with Crippen LogP contribution in [-0.4, -0.2) is 31.2 Å². The average molecular weight is 371 g/mol. The second-order valence-corrected chi connectivity index (χ2v) is 6.35. The molecule has 0 radical (unpaired) electrons. The van der Waals surface area contributed by atoms with E-state index in [0.29, 0.717) is 5.82 Å². The molecule has 0 bridgehead atoms. The van der Waals surface area contributed by atoms with Crippen LogP contribution in [0.2, 0.25) is 0 Å². The molecule has 0 amide bonds. The van der Waals surface area contributed by atoms with Crippen LogP contribution in [0.3, 0.4) is 0 Å². The van der Waals surface area contributed by atoms with Crippen molar-refractivity contribution in [2.24, 2.45) is 0 Å². The summed E-state index contributed by atoms with van der Waals surface area (Å²) in [6.07, 6.45) is 0. The van der Waals surface area contributed by atoms with Crippen molar-refractivity contribution in [2.45, 2.75) is 0 Å². The zero-order valence-electron chi connectivity index (χ0n) is 16.1. The molecule has 1 heterocycles. The topological polar surface area (TPSA) is 56.3 Å². The summed E-state index contributed by atoms with van der Waals surface area (Å²) in [7, 11) is 5.17. The van der Waals surface area contributed by atoms with E-state index in [1.54, 1.807) is 14.2 Å². The van der Waals surface area contributed by atoms with Gasteiger partial charge in [-0.05, 0) is 35.4 Å². The van der Waals surface area contributed by atoms with Crippen molar-refractivity contribution in [2.75, 3.05) is 26.6 Å². The summed E-state index contributed by atoms with van der Waals surface area (Å²) in [5, 5.41) is 4.16. The highest BCUT2D eigenvalue weighted by Crippen LogP contribution is 2.33. The molecule has 0 saturated carbocycles. The number of fused-ring (bicyclic) bond motifs is 1. The van der Waals surface area contributed by atoms with Crippen LogP contribution in [0.4, 0.5) is 5.82 Å². The number of aromatic nitrogens is 2. The molecule has 28 heavy (non-hydrogen) atoms. The SMILES string of the molecule is CNc1nc(-c2ccccc2)nc2ccc(-c3cc(OC)cc(OC)c3)cc12. The van der Waals surface area contributed by atoms with Crippen LogP contribution in [0.15, 0.2) is 66.7 Å². The van der Waals surface area contributed by atoms with E-state index in [9.17, 15) is 0 Å². The highest BCUT2D eigenvalue weighted by molar-refractivity contribution is 5.94. The summed E-state index contributed by atoms with van der Waals surface area (Å²) in [5.74, 6) is 2.99. The number of methoxy groups -OCH3 is 2. The average Bonchev–Trinajstić information content (AvgIpc) is 2.78. The summed E-state index contributed by atoms with van der Waals surface area (Å²) in [5.41, 5.74) is 3.92. The molecule has 0 aliphatic heterocycles. The molecule has 0 aliphatic carbocycles. The minimum absolute atomic E-state index is 0.702. The Morgan fingerprint density at radius 1 is 0.714 bits per heavy atom. The first-order chi connectivity index (χ1) is 13.7. The van der Waals surface area contributed by atoms with Crippen LogP contribution in [0.5, 0.6) is 11.5 Å². The minimum Gasteiger partial charge on any atom is -0.497 e. The maximum Gasteiger partial charge on any atom is 0.162 e. The van der Waals surface area contributed by atoms with Crippen LogP contribution in [0.1, 0.15) is 0 Å². The van der Waals surface area contributed by atoms with E-state index in [1.165, 1.54) is 0 Å². The van der Waals surface area contributed by atoms with Crippen molar-refractivity contribution in [3.05, 3.63) is 66.7 Å². The van der Waals surface area contributed by atoms with Gasteiger partial charge in [0.05, 0.1) is 19.7 Å². The largest absolute Gasteiger partial charge is 0.497 e. The number of hydrogen-bond donors (Lipinski definition) is 1. The molecular formula is C23H21N3O2. The molecule has 5 nitrogen and oxygen atoms in total. The summed E-state index contributed by atoms with van der Waals surface area (Å²) >= 11 is 0. The number of nitrogens with one attached hydrogen (secondary N) is 1. The van der Waals surface area contributed by atoms with Gasteiger partial charge in [0.25, 0.3) is 0 Å². The van der Waals surface area contributed by atoms with Gasteiger partial charge in [0, 0.05) is 24.1 Å². The van der Waals surface area contributed by atoms with Gasteiger partial charge in [0.15, 0.2) is 5.82 Å². The Hall–Kier alpha value is -3.60. The van der Waals surface area contributed by atoms with Crippen molar-refractivity contribution in [1.29, 1.82) is 0 Å². The predicted octanol–water partition coefficient (Wildman–Crippen LogP) is 5.02. The Labute approximate surface area is 164 Å². The molecule has 0 fully saturated rings. The van der Waals surface area contributed by atoms with E-state index < -0.39 is 0 Å². The van der Waals surface area contributed by atoms with Gasteiger partial charge in [0.1, 0.15) is 17.3 Å². The van der Waals surface area contributed by atoms with Gasteiger partial charge >= 0.3 is 0 Å². The number of anilines is 1. The van der Waals surface area contributed by atoms with Gasteiger partial charge in [-0.1, -0.05) is 36.4 Å². The molecule has 4 rings (SSSR count). The first kappa shape index (κ1) is 17.8. The van der Waals surface area contributed by atoms with Gasteiger partial charge in [-0.2, -0.15) is 0 Å². The van der Waals surface area contributed by atoms with E-state index in [1.807, 2.05) is 61.6 Å². The molecule has 1 N–H and O–H groups in total. The van der Waals surface area contributed by atoms with Crippen LogP contribution in [0.25, 0.3) is 33.4 Å². The zero-order chi connectivity index (χ0) is 19.5. The third-order valence-electron chi connectivity index (χ3n) is 4.65. The van der Waals surface area contributed by atoms with Gasteiger partial charge in [0.2, 0.25) is 0 Å². The lowest BCUT2D eigenvalue weighted by atomic mass is 10.0. The van der Waals surface area contributed by atoms with Crippen LogP contribution in [-0.2, 0) is 0 Å². The molecule has 1 aromatic heterocycles. The molecular weight excluding hydrogens is 350 g/mol. The third kappa shape index (κ3) is 3.34. The molecule has 0 saturated heterocycles. The van der Waals surface area contributed by atoms with Crippen molar-refractivity contribution in [1.82, 2.24) is 9.97 Å². The molecule has 140 valence electrons. The van der Waals surface area contributed by atoms with Crippen molar-refractivity contribution in [3.8, 4) is 34.0 Å². The minimum atomic E-state index is 0.702. The molecule has 0 unspecified atom stereocenters. The van der Waals surface area contributed by atoms with Gasteiger partial charge < -0.3 is 14.8 Å². The fraction of sp³-hybridized carbons (Fsp3) is 0.130. The molecule has 5 heteroatoms. The van der Waals surface area contributed by atoms with E-state index >= 15 is 0 Å². The Bertz CT molecular complexity index is 1110. The maximum atomic E-state index is 5.40. The van der Waals surface area contributed by atoms with Gasteiger partial charge in [-0.15, -0.1) is 0 Å². The summed E-state index contributed by atoms with van der Waals surface area (Å²) in [6.45, 7) is 0. The standard InChI is InChI=1S/C23H21N3O2/c1-24-23-20-13-16(17-11-18(27-2)14-19(12-17)28-3)9-10-21(20)25-22(26-23)15-7-5-4-6-8-15/h4-14H,1-3H3,(H,24,25,26). The number of benzene rings is 3. The van der Waals surface area contributed by atoms with E-state index in [2.05, 4.69) is 17.4 Å². The van der Waals surface area contributed by atoms with Crippen molar-refractivity contribution in [3.63, 3.8) is 0 Å². The highest BCUT2D eigenvalue weighted by Gasteiger charge is 2.11. The summed E-state index contributed by atoms with van der Waals surface area (Å²) in [4.78, 5) is 9.48. The van der Waals surface area contributed by atoms with Gasteiger partial charge in [-0.3, -0.25) is 0 Å². The molecule has 0 aliphatic rings. The van der Waals surface area contributed by atoms with Gasteiger partial charge in [-0.25, -0.2) is 9.97 Å². The smallest absolute Gasteiger partial charge is 0.162 e. The predicted molar refractivity (Wildman–Crippen MR) is 113 cm³/mol. The fourth-order valence-corrected chi connectivity index (χ4v) is 3.19. The maximum absolute atomic E-state index is 5.40. The zero-order valence-corrected chi connectivity index (χ0v) is 16.1. The summed E-state index contributed by atoms with van der Waals surface area (Å²) in [6, 6.07) is 22.0. The summed E-state index contributed by atoms with van der Waals surface area (Å²) < 4.78 is 10.8. The van der Waals surface area contributed by atoms with Crippen molar-refractivity contribution >= 4 is 16.7 Å². The number of ether oxygens (including phenoxy) is 2. The third-order valence-corrected chi connectivity index (χ3v) is 4.65. The van der Waals surface area contributed by atoms with E-state index in [-0.39, 0.29) is 0 Å².